The number of carbonyl (C=O) groups is 3. The Labute approximate surface area is 192 Å². The van der Waals surface area contributed by atoms with Gasteiger partial charge < -0.3 is 14.4 Å². The van der Waals surface area contributed by atoms with E-state index in [4.69, 9.17) is 9.47 Å². The van der Waals surface area contributed by atoms with Crippen molar-refractivity contribution in [1.29, 1.82) is 0 Å². The van der Waals surface area contributed by atoms with Gasteiger partial charge >= 0.3 is 11.9 Å². The third-order valence-corrected chi connectivity index (χ3v) is 6.43. The Kier molecular flexibility index (Phi) is 5.81. The Morgan fingerprint density at radius 2 is 2.00 bits per heavy atom. The molecular formula is C25H25N3O5. The average Bonchev–Trinajstić information content (AvgIpc) is 3.12. The van der Waals surface area contributed by atoms with E-state index in [1.807, 2.05) is 29.2 Å². The summed E-state index contributed by atoms with van der Waals surface area (Å²) in [5, 5.41) is 0. The van der Waals surface area contributed by atoms with Gasteiger partial charge in [-0.2, -0.15) is 0 Å². The third kappa shape index (κ3) is 3.15. The van der Waals surface area contributed by atoms with E-state index in [9.17, 15) is 14.4 Å². The minimum Gasteiger partial charge on any atom is -0.466 e. The smallest absolute Gasteiger partial charge is 0.357 e. The normalized spacial score (nSPS) is 22.9. The molecule has 1 aromatic rings. The van der Waals surface area contributed by atoms with Crippen LogP contribution in [-0.4, -0.2) is 61.9 Å². The predicted octanol–water partition coefficient (Wildman–Crippen LogP) is 1.96. The summed E-state index contributed by atoms with van der Waals surface area (Å²) in [6.07, 6.45) is 2.30. The number of carbonyl (C=O) groups excluding carboxylic acids is 3. The zero-order valence-corrected chi connectivity index (χ0v) is 18.9. The van der Waals surface area contributed by atoms with E-state index in [0.717, 1.165) is 11.3 Å². The number of esters is 2. The maximum Gasteiger partial charge on any atom is 0.357 e. The molecule has 0 radical (unpaired) electrons. The number of methoxy groups -OCH3 is 2. The van der Waals surface area contributed by atoms with Crippen LogP contribution in [0.3, 0.4) is 0 Å². The van der Waals surface area contributed by atoms with Gasteiger partial charge in [0, 0.05) is 18.7 Å². The second-order valence-corrected chi connectivity index (χ2v) is 7.92. The van der Waals surface area contributed by atoms with Crippen LogP contribution >= 0.6 is 0 Å². The van der Waals surface area contributed by atoms with Gasteiger partial charge in [0.1, 0.15) is 5.84 Å². The number of aliphatic imine (C=N–C) groups is 1. The van der Waals surface area contributed by atoms with Crippen LogP contribution in [0.25, 0.3) is 0 Å². The number of amidine groups is 1. The summed E-state index contributed by atoms with van der Waals surface area (Å²) in [4.78, 5) is 47.1. The fraction of sp³-hybridized carbons (Fsp3) is 0.360. The van der Waals surface area contributed by atoms with Crippen LogP contribution in [0.4, 0.5) is 5.69 Å². The monoisotopic (exact) mass is 447 g/mol. The largest absolute Gasteiger partial charge is 0.466 e. The number of benzene rings is 1. The molecule has 1 aromatic carbocycles. The van der Waals surface area contributed by atoms with Crippen molar-refractivity contribution in [2.24, 2.45) is 4.99 Å². The zero-order valence-electron chi connectivity index (χ0n) is 18.9. The van der Waals surface area contributed by atoms with Crippen molar-refractivity contribution in [3.63, 3.8) is 0 Å². The van der Waals surface area contributed by atoms with Crippen LogP contribution in [0.5, 0.6) is 0 Å². The van der Waals surface area contributed by atoms with E-state index >= 15 is 0 Å². The Bertz CT molecular complexity index is 1170. The Balaban J connectivity index is 2.10. The number of ether oxygens (including phenoxy) is 2. The van der Waals surface area contributed by atoms with Gasteiger partial charge in [-0.25, -0.2) is 14.6 Å². The van der Waals surface area contributed by atoms with Crippen molar-refractivity contribution in [2.45, 2.75) is 31.2 Å². The van der Waals surface area contributed by atoms with Gasteiger partial charge in [-0.05, 0) is 25.0 Å². The number of hydrogen-bond donors (Lipinski definition) is 0. The van der Waals surface area contributed by atoms with Crippen LogP contribution < -0.4 is 4.90 Å². The first-order chi connectivity index (χ1) is 16.0. The summed E-state index contributed by atoms with van der Waals surface area (Å²) in [7, 11) is 2.49. The number of likely N-dealkylation sites (tertiary alicyclic amines) is 1. The molecule has 0 aliphatic carbocycles. The lowest BCUT2D eigenvalue weighted by Gasteiger charge is -2.48. The maximum atomic E-state index is 13.1. The topological polar surface area (TPSA) is 88.5 Å². The standard InChI is InChI=1S/C25H25N3O5/c1-5-7-15-27-17-11-9-8-10-16(17)25-13-12-18(29)28(14-6-2)24(25)26-20(23(31)33-4)19(21(25)27)22(30)32-3/h6,8-11,21H,2,12-15H2,1,3-4H3/t21-,25-/m0/s1. The summed E-state index contributed by atoms with van der Waals surface area (Å²) < 4.78 is 10.1. The lowest BCUT2D eigenvalue weighted by molar-refractivity contribution is -0.140. The van der Waals surface area contributed by atoms with Gasteiger partial charge in [-0.15, -0.1) is 12.5 Å². The summed E-state index contributed by atoms with van der Waals surface area (Å²) >= 11 is 0. The maximum absolute atomic E-state index is 13.1. The third-order valence-electron chi connectivity index (χ3n) is 6.43. The molecule has 0 aromatic heterocycles. The molecule has 3 heterocycles. The zero-order chi connectivity index (χ0) is 23.8. The molecule has 1 saturated heterocycles. The second kappa shape index (κ2) is 8.58. The molecule has 4 rings (SSSR count). The molecule has 1 amide bonds. The molecule has 3 aliphatic heterocycles. The molecular weight excluding hydrogens is 422 g/mol. The van der Waals surface area contributed by atoms with E-state index in [1.54, 1.807) is 17.9 Å². The van der Waals surface area contributed by atoms with Crippen LogP contribution in [0, 0.1) is 11.8 Å². The van der Waals surface area contributed by atoms with E-state index in [1.165, 1.54) is 14.2 Å². The highest BCUT2D eigenvalue weighted by Crippen LogP contribution is 2.55. The molecule has 0 N–H and O–H groups in total. The first-order valence-electron chi connectivity index (χ1n) is 10.6. The van der Waals surface area contributed by atoms with Crippen molar-refractivity contribution < 1.29 is 23.9 Å². The number of amides is 1. The molecule has 1 spiro atoms. The van der Waals surface area contributed by atoms with Gasteiger partial charge in [0.2, 0.25) is 5.91 Å². The number of anilines is 1. The summed E-state index contributed by atoms with van der Waals surface area (Å²) in [5.41, 5.74) is 0.905. The van der Waals surface area contributed by atoms with Crippen LogP contribution in [0.1, 0.15) is 25.3 Å². The first-order valence-corrected chi connectivity index (χ1v) is 10.6. The summed E-state index contributed by atoms with van der Waals surface area (Å²) in [5.74, 6) is 4.85. The summed E-state index contributed by atoms with van der Waals surface area (Å²) in [6.45, 7) is 6.07. The highest BCUT2D eigenvalue weighted by Gasteiger charge is 2.63. The molecule has 8 nitrogen and oxygen atoms in total. The highest BCUT2D eigenvalue weighted by molar-refractivity contribution is 6.16. The number of fused-ring (bicyclic) bond motifs is 1. The number of para-hydroxylation sites is 1. The van der Waals surface area contributed by atoms with Crippen LogP contribution in [-0.2, 0) is 29.3 Å². The Morgan fingerprint density at radius 1 is 1.27 bits per heavy atom. The predicted molar refractivity (Wildman–Crippen MR) is 122 cm³/mol. The van der Waals surface area contributed by atoms with Crippen molar-refractivity contribution in [3.8, 4) is 11.8 Å². The van der Waals surface area contributed by atoms with Crippen molar-refractivity contribution in [1.82, 2.24) is 4.90 Å². The number of nitrogens with zero attached hydrogens (tertiary/aromatic N) is 3. The van der Waals surface area contributed by atoms with Gasteiger partial charge in [-0.3, -0.25) is 9.69 Å². The molecule has 3 aliphatic rings. The lowest BCUT2D eigenvalue weighted by atomic mass is 9.65. The van der Waals surface area contributed by atoms with E-state index in [0.29, 0.717) is 18.8 Å². The molecule has 8 heteroatoms. The molecule has 170 valence electrons. The minimum atomic E-state index is -0.843. The molecule has 0 unspecified atom stereocenters. The van der Waals surface area contributed by atoms with E-state index in [-0.39, 0.29) is 30.1 Å². The molecule has 33 heavy (non-hydrogen) atoms. The fourth-order valence-corrected chi connectivity index (χ4v) is 5.16. The van der Waals surface area contributed by atoms with E-state index < -0.39 is 23.4 Å². The number of piperidine rings is 1. The van der Waals surface area contributed by atoms with Crippen LogP contribution in [0.2, 0.25) is 0 Å². The quantitative estimate of drug-likeness (QED) is 0.390. The van der Waals surface area contributed by atoms with Crippen LogP contribution in [0.15, 0.2) is 53.2 Å². The number of rotatable bonds is 5. The fourth-order valence-electron chi connectivity index (χ4n) is 5.16. The Morgan fingerprint density at radius 3 is 2.67 bits per heavy atom. The lowest BCUT2D eigenvalue weighted by Crippen LogP contribution is -2.63. The van der Waals surface area contributed by atoms with Gasteiger partial charge in [0.25, 0.3) is 0 Å². The minimum absolute atomic E-state index is 0.107. The second-order valence-electron chi connectivity index (χ2n) is 7.92. The summed E-state index contributed by atoms with van der Waals surface area (Å²) in [6, 6.07) is 7.12. The van der Waals surface area contributed by atoms with Crippen molar-refractivity contribution in [3.05, 3.63) is 53.8 Å². The van der Waals surface area contributed by atoms with Gasteiger partial charge in [0.05, 0.1) is 37.8 Å². The Hall–Kier alpha value is -3.86. The van der Waals surface area contributed by atoms with Gasteiger partial charge in [0.15, 0.2) is 5.70 Å². The molecule has 0 bridgehead atoms. The molecule has 0 saturated carbocycles. The highest BCUT2D eigenvalue weighted by atomic mass is 16.5. The van der Waals surface area contributed by atoms with Crippen molar-refractivity contribution in [2.75, 3.05) is 32.2 Å². The number of hydrogen-bond acceptors (Lipinski definition) is 7. The van der Waals surface area contributed by atoms with E-state index in [2.05, 4.69) is 23.4 Å². The van der Waals surface area contributed by atoms with Gasteiger partial charge in [-0.1, -0.05) is 30.2 Å². The average molecular weight is 447 g/mol. The first kappa shape index (κ1) is 22.3. The molecule has 1 fully saturated rings. The molecule has 2 atom stereocenters. The SMILES string of the molecule is C=CCN1C(=O)CC[C@@]23C1=NC(C(=O)OC)=C(C(=O)OC)[C@@H]2N(CC#CC)c1ccccc13. The van der Waals surface area contributed by atoms with Crippen molar-refractivity contribution >= 4 is 29.4 Å².